The van der Waals surface area contributed by atoms with Gasteiger partial charge in [-0.2, -0.15) is 0 Å². The molecule has 9 aromatic carbocycles. The third-order valence-electron chi connectivity index (χ3n) is 13.0. The van der Waals surface area contributed by atoms with E-state index < -0.39 is 5.41 Å². The van der Waals surface area contributed by atoms with Crippen LogP contribution in [-0.4, -0.2) is 0 Å². The molecule has 0 amide bonds. The third kappa shape index (κ3) is 8.11. The van der Waals surface area contributed by atoms with Gasteiger partial charge in [0.15, 0.2) is 0 Å². The van der Waals surface area contributed by atoms with Gasteiger partial charge in [-0.05, 0) is 154 Å². The Balaban J connectivity index is 1.19. The Bertz CT molecular complexity index is 2760. The van der Waals surface area contributed by atoms with Crippen LogP contribution in [0.5, 0.6) is 5.75 Å². The lowest BCUT2D eigenvalue weighted by Crippen LogP contribution is -2.28. The molecule has 1 aliphatic rings. The summed E-state index contributed by atoms with van der Waals surface area (Å²) < 4.78 is 6.46. The van der Waals surface area contributed by atoms with E-state index >= 15 is 0 Å². The van der Waals surface area contributed by atoms with Crippen LogP contribution in [0.25, 0.3) is 11.1 Å². The summed E-state index contributed by atoms with van der Waals surface area (Å²) in [6.45, 7) is 4.97. The van der Waals surface area contributed by atoms with Crippen LogP contribution in [0.1, 0.15) is 65.6 Å². The van der Waals surface area contributed by atoms with Gasteiger partial charge in [-0.1, -0.05) is 166 Å². The SMILES string of the molecule is CCCCc1ccc(C2(c3ccc(OCc4ccc(CC)cc4)cc3)c3ccc(N(c4ccccc4)c4ccccc4)cc3-c3cc(N(c4ccccc4)c4ccccc4)ccc32)cc1. The Labute approximate surface area is 384 Å². The summed E-state index contributed by atoms with van der Waals surface area (Å²) >= 11 is 0. The molecule has 0 bridgehead atoms. The van der Waals surface area contributed by atoms with Crippen LogP contribution in [0.2, 0.25) is 0 Å². The molecule has 0 heterocycles. The highest BCUT2D eigenvalue weighted by Gasteiger charge is 2.47. The molecule has 0 saturated carbocycles. The van der Waals surface area contributed by atoms with Crippen molar-refractivity contribution in [1.29, 1.82) is 0 Å². The summed E-state index contributed by atoms with van der Waals surface area (Å²) in [4.78, 5) is 4.74. The predicted molar refractivity (Wildman–Crippen MR) is 272 cm³/mol. The van der Waals surface area contributed by atoms with E-state index in [0.717, 1.165) is 58.3 Å². The van der Waals surface area contributed by atoms with Gasteiger partial charge in [0, 0.05) is 34.1 Å². The first-order chi connectivity index (χ1) is 32.1. The van der Waals surface area contributed by atoms with Gasteiger partial charge in [-0.3, -0.25) is 0 Å². The van der Waals surface area contributed by atoms with E-state index in [2.05, 4.69) is 254 Å². The molecule has 1 aliphatic carbocycles. The van der Waals surface area contributed by atoms with E-state index in [-0.39, 0.29) is 0 Å². The van der Waals surface area contributed by atoms with Crippen LogP contribution in [0.4, 0.5) is 34.1 Å². The van der Waals surface area contributed by atoms with Crippen LogP contribution in [0.15, 0.2) is 231 Å². The molecule has 318 valence electrons. The molecule has 10 rings (SSSR count). The Kier molecular flexibility index (Phi) is 11.9. The average molecular weight is 843 g/mol. The molecule has 65 heavy (non-hydrogen) atoms. The van der Waals surface area contributed by atoms with Crippen LogP contribution in [-0.2, 0) is 24.9 Å². The van der Waals surface area contributed by atoms with Gasteiger partial charge in [0.1, 0.15) is 12.4 Å². The number of aryl methyl sites for hydroxylation is 2. The van der Waals surface area contributed by atoms with Gasteiger partial charge < -0.3 is 14.5 Å². The highest BCUT2D eigenvalue weighted by atomic mass is 16.5. The highest BCUT2D eigenvalue weighted by molar-refractivity contribution is 5.93. The van der Waals surface area contributed by atoms with E-state index in [0.29, 0.717) is 6.61 Å². The molecule has 0 aromatic heterocycles. The zero-order valence-corrected chi connectivity index (χ0v) is 37.3. The maximum Gasteiger partial charge on any atom is 0.119 e. The Morgan fingerprint density at radius 2 is 0.785 bits per heavy atom. The molecule has 0 N–H and O–H groups in total. The Hall–Kier alpha value is -7.62. The van der Waals surface area contributed by atoms with Crippen molar-refractivity contribution in [1.82, 2.24) is 0 Å². The van der Waals surface area contributed by atoms with E-state index in [9.17, 15) is 0 Å². The van der Waals surface area contributed by atoms with E-state index in [4.69, 9.17) is 4.74 Å². The summed E-state index contributed by atoms with van der Waals surface area (Å²) in [7, 11) is 0. The minimum atomic E-state index is -0.617. The molecule has 9 aromatic rings. The first kappa shape index (κ1) is 41.4. The lowest BCUT2D eigenvalue weighted by Gasteiger charge is -2.35. The molecule has 0 aliphatic heterocycles. The topological polar surface area (TPSA) is 15.7 Å². The van der Waals surface area contributed by atoms with Gasteiger partial charge in [0.2, 0.25) is 0 Å². The second kappa shape index (κ2) is 18.6. The number of hydrogen-bond acceptors (Lipinski definition) is 3. The van der Waals surface area contributed by atoms with Crippen LogP contribution >= 0.6 is 0 Å². The maximum atomic E-state index is 6.46. The molecule has 3 heteroatoms. The van der Waals surface area contributed by atoms with Crippen molar-refractivity contribution in [2.24, 2.45) is 0 Å². The van der Waals surface area contributed by atoms with Crippen LogP contribution in [0.3, 0.4) is 0 Å². The standard InChI is InChI=1S/C62H54N2O/c1-3-5-18-47-31-33-49(34-32-47)62(50-35-39-57(40-36-50)65-45-48-29-27-46(4-2)28-30-48)60-41-37-55(63(51-19-10-6-11-20-51)52-21-12-7-13-22-52)43-58(60)59-44-56(38-42-61(59)62)64(53-23-14-8-15-24-53)54-25-16-9-17-26-54/h6-17,19-44H,3-5,18,45H2,1-2H3. The van der Waals surface area contributed by atoms with Crippen molar-refractivity contribution in [2.75, 3.05) is 9.80 Å². The van der Waals surface area contributed by atoms with Gasteiger partial charge >= 0.3 is 0 Å². The van der Waals surface area contributed by atoms with Gasteiger partial charge in [-0.15, -0.1) is 0 Å². The summed E-state index contributed by atoms with van der Waals surface area (Å²) in [6.07, 6.45) is 4.43. The number of nitrogens with zero attached hydrogens (tertiary/aromatic N) is 2. The molecule has 3 nitrogen and oxygen atoms in total. The number of hydrogen-bond donors (Lipinski definition) is 0. The number of rotatable bonds is 15. The number of anilines is 6. The largest absolute Gasteiger partial charge is 0.489 e. The molecule has 0 unspecified atom stereocenters. The quantitative estimate of drug-likeness (QED) is 0.102. The molecule has 0 spiro atoms. The fourth-order valence-electron chi connectivity index (χ4n) is 9.72. The molecule has 0 fully saturated rings. The van der Waals surface area contributed by atoms with E-state index in [1.807, 2.05) is 0 Å². The highest BCUT2D eigenvalue weighted by Crippen LogP contribution is 2.58. The molecule has 0 saturated heterocycles. The fourth-order valence-corrected chi connectivity index (χ4v) is 9.72. The number of para-hydroxylation sites is 4. The summed E-state index contributed by atoms with van der Waals surface area (Å²) in [5.74, 6) is 0.852. The van der Waals surface area contributed by atoms with Gasteiger partial charge in [0.25, 0.3) is 0 Å². The van der Waals surface area contributed by atoms with Crippen molar-refractivity contribution < 1.29 is 4.74 Å². The molecule has 0 radical (unpaired) electrons. The zero-order valence-electron chi connectivity index (χ0n) is 37.3. The van der Waals surface area contributed by atoms with E-state index in [1.54, 1.807) is 0 Å². The number of unbranched alkanes of at least 4 members (excludes halogenated alkanes) is 1. The second-order valence-electron chi connectivity index (χ2n) is 17.0. The number of ether oxygens (including phenoxy) is 1. The van der Waals surface area contributed by atoms with Crippen molar-refractivity contribution in [3.63, 3.8) is 0 Å². The number of benzene rings is 9. The Morgan fingerprint density at radius 3 is 1.20 bits per heavy atom. The smallest absolute Gasteiger partial charge is 0.119 e. The monoisotopic (exact) mass is 842 g/mol. The van der Waals surface area contributed by atoms with Crippen molar-refractivity contribution >= 4 is 34.1 Å². The maximum absolute atomic E-state index is 6.46. The Morgan fingerprint density at radius 1 is 0.385 bits per heavy atom. The summed E-state index contributed by atoms with van der Waals surface area (Å²) in [5.41, 5.74) is 17.3. The molecular formula is C62H54N2O. The molecule has 0 atom stereocenters. The predicted octanol–water partition coefficient (Wildman–Crippen LogP) is 16.5. The lowest BCUT2D eigenvalue weighted by atomic mass is 9.67. The minimum absolute atomic E-state index is 0.517. The van der Waals surface area contributed by atoms with Gasteiger partial charge in [0.05, 0.1) is 5.41 Å². The summed E-state index contributed by atoms with van der Waals surface area (Å²) in [5, 5.41) is 0. The fraction of sp³-hybridized carbons (Fsp3) is 0.129. The van der Waals surface area contributed by atoms with Gasteiger partial charge in [-0.25, -0.2) is 0 Å². The first-order valence-corrected chi connectivity index (χ1v) is 23.1. The normalized spacial score (nSPS) is 12.3. The second-order valence-corrected chi connectivity index (χ2v) is 17.0. The van der Waals surface area contributed by atoms with E-state index in [1.165, 1.54) is 57.3 Å². The van der Waals surface area contributed by atoms with Crippen molar-refractivity contribution in [3.05, 3.63) is 269 Å². The third-order valence-corrected chi connectivity index (χ3v) is 13.0. The van der Waals surface area contributed by atoms with Crippen LogP contribution in [0, 0.1) is 0 Å². The summed E-state index contributed by atoms with van der Waals surface area (Å²) in [6, 6.07) is 84.2. The zero-order chi connectivity index (χ0) is 44.0. The average Bonchev–Trinajstić information content (AvgIpc) is 3.66. The first-order valence-electron chi connectivity index (χ1n) is 23.1. The van der Waals surface area contributed by atoms with Crippen molar-refractivity contribution in [2.45, 2.75) is 51.6 Å². The number of fused-ring (bicyclic) bond motifs is 3. The molecular weight excluding hydrogens is 789 g/mol. The lowest BCUT2D eigenvalue weighted by molar-refractivity contribution is 0.306. The minimum Gasteiger partial charge on any atom is -0.489 e. The van der Waals surface area contributed by atoms with Crippen LogP contribution < -0.4 is 14.5 Å². The van der Waals surface area contributed by atoms with Crippen molar-refractivity contribution in [3.8, 4) is 16.9 Å².